The number of anilines is 1. The van der Waals surface area contributed by atoms with Crippen molar-refractivity contribution in [1.82, 2.24) is 4.98 Å². The second-order valence-corrected chi connectivity index (χ2v) is 10.6. The number of H-pyrrole nitrogens is 1. The monoisotopic (exact) mass is 484 g/mol. The first-order valence-electron chi connectivity index (χ1n) is 10.3. The molecule has 0 aliphatic rings. The summed E-state index contributed by atoms with van der Waals surface area (Å²) in [6, 6.07) is 14.1. The summed E-state index contributed by atoms with van der Waals surface area (Å²) in [7, 11) is -3.93. The van der Waals surface area contributed by atoms with Gasteiger partial charge in [0.05, 0.1) is 4.90 Å². The van der Waals surface area contributed by atoms with Gasteiger partial charge in [0.25, 0.3) is 10.0 Å². The Bertz CT molecular complexity index is 1520. The van der Waals surface area contributed by atoms with E-state index in [1.165, 1.54) is 36.4 Å². The molecule has 0 saturated heterocycles. The number of rotatable bonds is 5. The number of nitrogens with one attached hydrogen (secondary N) is 2. The van der Waals surface area contributed by atoms with Gasteiger partial charge >= 0.3 is 5.97 Å². The van der Waals surface area contributed by atoms with Crippen LogP contribution in [-0.4, -0.2) is 24.5 Å². The minimum atomic E-state index is -3.93. The Morgan fingerprint density at radius 1 is 0.941 bits per heavy atom. The third kappa shape index (κ3) is 4.38. The maximum absolute atomic E-state index is 13.9. The molecule has 0 aliphatic heterocycles. The summed E-state index contributed by atoms with van der Waals surface area (Å²) >= 11 is 0. The Labute approximate surface area is 195 Å². The minimum absolute atomic E-state index is 0.0710. The number of fused-ring (bicyclic) bond motifs is 1. The lowest BCUT2D eigenvalue weighted by Gasteiger charge is -2.19. The first-order chi connectivity index (χ1) is 15.9. The highest BCUT2D eigenvalue weighted by molar-refractivity contribution is 7.92. The van der Waals surface area contributed by atoms with Crippen LogP contribution in [0.3, 0.4) is 0 Å². The SMILES string of the molecule is CC(C)(C)c1ccc(S(=O)(=O)Nc2ccc3[nH]c(C(=O)O)c(-c4ccc(F)c(F)c4)c3c2)cc1. The number of sulfonamides is 1. The van der Waals surface area contributed by atoms with E-state index in [1.54, 1.807) is 12.1 Å². The molecule has 0 unspecified atom stereocenters. The summed E-state index contributed by atoms with van der Waals surface area (Å²) in [6.45, 7) is 6.07. The van der Waals surface area contributed by atoms with Gasteiger partial charge in [0.15, 0.2) is 11.6 Å². The van der Waals surface area contributed by atoms with Gasteiger partial charge in [-0.15, -0.1) is 0 Å². The molecule has 34 heavy (non-hydrogen) atoms. The molecule has 6 nitrogen and oxygen atoms in total. The summed E-state index contributed by atoms with van der Waals surface area (Å²) in [4.78, 5) is 14.6. The van der Waals surface area contributed by atoms with Gasteiger partial charge in [0, 0.05) is 22.2 Å². The number of hydrogen-bond donors (Lipinski definition) is 3. The standard InChI is InChI=1S/C25H22F2N2O4S/c1-25(2,3)15-5-8-17(9-6-15)34(32,33)29-16-7-11-21-18(13-16)22(23(28-21)24(30)31)14-4-10-19(26)20(27)12-14/h4-13,28-29H,1-3H3,(H,30,31). The summed E-state index contributed by atoms with van der Waals surface area (Å²) < 4.78 is 55.7. The molecule has 4 aromatic rings. The van der Waals surface area contributed by atoms with Crippen molar-refractivity contribution in [2.75, 3.05) is 4.72 Å². The van der Waals surface area contributed by atoms with E-state index < -0.39 is 27.6 Å². The third-order valence-corrected chi connectivity index (χ3v) is 6.90. The zero-order valence-electron chi connectivity index (χ0n) is 18.6. The van der Waals surface area contributed by atoms with E-state index in [4.69, 9.17) is 0 Å². The highest BCUT2D eigenvalue weighted by atomic mass is 32.2. The molecule has 0 saturated carbocycles. The highest BCUT2D eigenvalue weighted by Crippen LogP contribution is 2.35. The lowest BCUT2D eigenvalue weighted by Crippen LogP contribution is -2.14. The molecule has 0 spiro atoms. The van der Waals surface area contributed by atoms with E-state index in [0.717, 1.165) is 17.7 Å². The topological polar surface area (TPSA) is 99.3 Å². The lowest BCUT2D eigenvalue weighted by molar-refractivity contribution is 0.0692. The van der Waals surface area contributed by atoms with E-state index >= 15 is 0 Å². The number of aromatic amines is 1. The zero-order chi connectivity index (χ0) is 24.8. The Kier molecular flexibility index (Phi) is 5.69. The fraction of sp³-hybridized carbons (Fsp3) is 0.160. The van der Waals surface area contributed by atoms with Gasteiger partial charge in [-0.05, 0) is 59.0 Å². The Hall–Kier alpha value is -3.72. The number of aromatic carboxylic acids is 1. The second kappa shape index (κ2) is 8.25. The molecule has 0 aliphatic carbocycles. The molecule has 9 heteroatoms. The average Bonchev–Trinajstić information content (AvgIpc) is 3.14. The number of hydrogen-bond acceptors (Lipinski definition) is 3. The quantitative estimate of drug-likeness (QED) is 0.328. The smallest absolute Gasteiger partial charge is 0.352 e. The van der Waals surface area contributed by atoms with E-state index in [9.17, 15) is 27.1 Å². The first kappa shape index (κ1) is 23.4. The molecule has 3 N–H and O–H groups in total. The highest BCUT2D eigenvalue weighted by Gasteiger charge is 2.22. The molecule has 176 valence electrons. The molecule has 4 rings (SSSR count). The van der Waals surface area contributed by atoms with Crippen molar-refractivity contribution in [3.05, 3.63) is 83.6 Å². The first-order valence-corrected chi connectivity index (χ1v) is 11.8. The molecule has 0 fully saturated rings. The van der Waals surface area contributed by atoms with Crippen molar-refractivity contribution in [2.24, 2.45) is 0 Å². The number of aromatic nitrogens is 1. The molecule has 0 amide bonds. The normalized spacial score (nSPS) is 12.1. The van der Waals surface area contributed by atoms with Crippen LogP contribution < -0.4 is 4.72 Å². The average molecular weight is 485 g/mol. The van der Waals surface area contributed by atoms with Crippen LogP contribution in [0.5, 0.6) is 0 Å². The predicted octanol–water partition coefficient (Wildman–Crippen LogP) is 5.91. The predicted molar refractivity (Wildman–Crippen MR) is 127 cm³/mol. The Balaban J connectivity index is 1.77. The van der Waals surface area contributed by atoms with Gasteiger partial charge in [0.2, 0.25) is 0 Å². The summed E-state index contributed by atoms with van der Waals surface area (Å²) in [5, 5.41) is 9.96. The number of carbonyl (C=O) groups is 1. The summed E-state index contributed by atoms with van der Waals surface area (Å²) in [6.07, 6.45) is 0. The van der Waals surface area contributed by atoms with Crippen LogP contribution in [-0.2, 0) is 15.4 Å². The second-order valence-electron chi connectivity index (χ2n) is 8.95. The zero-order valence-corrected chi connectivity index (χ0v) is 19.4. The number of halogens is 2. The fourth-order valence-electron chi connectivity index (χ4n) is 3.72. The molecular weight excluding hydrogens is 462 g/mol. The van der Waals surface area contributed by atoms with E-state index in [2.05, 4.69) is 9.71 Å². The van der Waals surface area contributed by atoms with Crippen molar-refractivity contribution in [1.29, 1.82) is 0 Å². The van der Waals surface area contributed by atoms with Gasteiger partial charge in [0.1, 0.15) is 5.69 Å². The molecule has 0 radical (unpaired) electrons. The van der Waals surface area contributed by atoms with Gasteiger partial charge in [-0.2, -0.15) is 0 Å². The van der Waals surface area contributed by atoms with Crippen LogP contribution >= 0.6 is 0 Å². The van der Waals surface area contributed by atoms with Crippen molar-refractivity contribution < 1.29 is 27.1 Å². The van der Waals surface area contributed by atoms with Crippen LogP contribution in [0, 0.1) is 11.6 Å². The summed E-state index contributed by atoms with van der Waals surface area (Å²) in [5.74, 6) is -3.48. The maximum Gasteiger partial charge on any atom is 0.352 e. The van der Waals surface area contributed by atoms with Gasteiger partial charge in [-0.1, -0.05) is 39.0 Å². The van der Waals surface area contributed by atoms with E-state index in [-0.39, 0.29) is 32.8 Å². The number of carboxylic acid groups (broad SMARTS) is 1. The van der Waals surface area contributed by atoms with Gasteiger partial charge < -0.3 is 10.1 Å². The maximum atomic E-state index is 13.9. The van der Waals surface area contributed by atoms with E-state index in [1.807, 2.05) is 20.8 Å². The van der Waals surface area contributed by atoms with Crippen LogP contribution in [0.4, 0.5) is 14.5 Å². The van der Waals surface area contributed by atoms with Crippen molar-refractivity contribution in [3.8, 4) is 11.1 Å². The van der Waals surface area contributed by atoms with Gasteiger partial charge in [-0.25, -0.2) is 22.0 Å². The van der Waals surface area contributed by atoms with Crippen LogP contribution in [0.25, 0.3) is 22.0 Å². The van der Waals surface area contributed by atoms with Crippen LogP contribution in [0.15, 0.2) is 65.6 Å². The molecular formula is C25H22F2N2O4S. The van der Waals surface area contributed by atoms with Crippen molar-refractivity contribution in [2.45, 2.75) is 31.1 Å². The van der Waals surface area contributed by atoms with Crippen LogP contribution in [0.2, 0.25) is 0 Å². The summed E-state index contributed by atoms with van der Waals surface area (Å²) in [5.41, 5.74) is 1.48. The molecule has 3 aromatic carbocycles. The Morgan fingerprint density at radius 3 is 2.21 bits per heavy atom. The molecule has 1 aromatic heterocycles. The minimum Gasteiger partial charge on any atom is -0.477 e. The lowest BCUT2D eigenvalue weighted by atomic mass is 9.87. The number of carboxylic acids is 1. The van der Waals surface area contributed by atoms with Crippen molar-refractivity contribution in [3.63, 3.8) is 0 Å². The Morgan fingerprint density at radius 2 is 1.62 bits per heavy atom. The van der Waals surface area contributed by atoms with Crippen LogP contribution in [0.1, 0.15) is 36.8 Å². The van der Waals surface area contributed by atoms with E-state index in [0.29, 0.717) is 10.9 Å². The van der Waals surface area contributed by atoms with Crippen molar-refractivity contribution >= 4 is 32.6 Å². The number of benzene rings is 3. The fourth-order valence-corrected chi connectivity index (χ4v) is 4.76. The van der Waals surface area contributed by atoms with Gasteiger partial charge in [-0.3, -0.25) is 4.72 Å². The molecule has 0 atom stereocenters. The molecule has 0 bridgehead atoms. The largest absolute Gasteiger partial charge is 0.477 e. The molecule has 1 heterocycles. The third-order valence-electron chi connectivity index (χ3n) is 5.50.